The van der Waals surface area contributed by atoms with Gasteiger partial charge in [-0.05, 0) is 31.6 Å². The molecule has 0 aliphatic heterocycles. The average Bonchev–Trinajstić information content (AvgIpc) is 2.63. The first-order valence-corrected chi connectivity index (χ1v) is 6.47. The number of aromatic amines is 1. The zero-order chi connectivity index (χ0) is 11.7. The van der Waals surface area contributed by atoms with E-state index in [-0.39, 0.29) is 0 Å². The van der Waals surface area contributed by atoms with E-state index in [9.17, 15) is 0 Å². The van der Waals surface area contributed by atoms with Crippen LogP contribution in [0, 0.1) is 5.92 Å². The number of rotatable bonds is 3. The van der Waals surface area contributed by atoms with Gasteiger partial charge in [0.15, 0.2) is 5.82 Å². The van der Waals surface area contributed by atoms with Crippen molar-refractivity contribution in [2.24, 2.45) is 5.92 Å². The maximum absolute atomic E-state index is 4.43. The molecule has 1 aromatic rings. The second-order valence-corrected chi connectivity index (χ2v) is 5.26. The number of nitrogens with zero attached hydrogens (tertiary/aromatic N) is 1. The van der Waals surface area contributed by atoms with E-state index >= 15 is 0 Å². The van der Waals surface area contributed by atoms with Gasteiger partial charge in [0.05, 0.1) is 0 Å². The van der Waals surface area contributed by atoms with Crippen molar-refractivity contribution in [1.29, 1.82) is 0 Å². The molecule has 1 aromatic heterocycles. The van der Waals surface area contributed by atoms with Crippen LogP contribution in [-0.4, -0.2) is 16.7 Å². The molecular weight excluding hydrogens is 198 g/mol. The predicted octanol–water partition coefficient (Wildman–Crippen LogP) is 3.48. The second kappa shape index (κ2) is 4.48. The zero-order valence-corrected chi connectivity index (χ0v) is 10.8. The standard InChI is InChI=1S/C13H23N3/c1-5-14-13-11-9(4)6-7-10(8(2)3)12(11)15-16-13/h8-10H,5-7H2,1-4H3,(H2,14,15,16). The topological polar surface area (TPSA) is 40.7 Å². The van der Waals surface area contributed by atoms with Gasteiger partial charge in [-0.15, -0.1) is 0 Å². The molecule has 3 heteroatoms. The molecule has 1 heterocycles. The molecular formula is C13H23N3. The first-order valence-electron chi connectivity index (χ1n) is 6.47. The van der Waals surface area contributed by atoms with E-state index in [1.165, 1.54) is 24.1 Å². The van der Waals surface area contributed by atoms with Crippen molar-refractivity contribution < 1.29 is 0 Å². The van der Waals surface area contributed by atoms with Crippen LogP contribution in [0.1, 0.15) is 63.6 Å². The van der Waals surface area contributed by atoms with Crippen LogP contribution in [0.4, 0.5) is 5.82 Å². The summed E-state index contributed by atoms with van der Waals surface area (Å²) < 4.78 is 0. The summed E-state index contributed by atoms with van der Waals surface area (Å²) >= 11 is 0. The third-order valence-corrected chi connectivity index (χ3v) is 3.76. The summed E-state index contributed by atoms with van der Waals surface area (Å²) in [4.78, 5) is 0. The van der Waals surface area contributed by atoms with E-state index in [0.29, 0.717) is 17.8 Å². The van der Waals surface area contributed by atoms with E-state index in [2.05, 4.69) is 43.2 Å². The Morgan fingerprint density at radius 2 is 2.19 bits per heavy atom. The molecule has 0 aromatic carbocycles. The Balaban J connectivity index is 2.37. The summed E-state index contributed by atoms with van der Waals surface area (Å²) in [7, 11) is 0. The normalized spacial score (nSPS) is 24.6. The van der Waals surface area contributed by atoms with Crippen molar-refractivity contribution >= 4 is 5.82 Å². The molecule has 0 saturated heterocycles. The molecule has 0 fully saturated rings. The van der Waals surface area contributed by atoms with Gasteiger partial charge >= 0.3 is 0 Å². The molecule has 3 nitrogen and oxygen atoms in total. The molecule has 0 bridgehead atoms. The van der Waals surface area contributed by atoms with Gasteiger partial charge < -0.3 is 5.32 Å². The number of fused-ring (bicyclic) bond motifs is 1. The van der Waals surface area contributed by atoms with E-state index in [0.717, 1.165) is 12.4 Å². The van der Waals surface area contributed by atoms with E-state index in [1.807, 2.05) is 0 Å². The minimum atomic E-state index is 0.637. The lowest BCUT2D eigenvalue weighted by Gasteiger charge is -2.29. The fourth-order valence-electron chi connectivity index (χ4n) is 2.83. The highest BCUT2D eigenvalue weighted by Crippen LogP contribution is 2.43. The van der Waals surface area contributed by atoms with Gasteiger partial charge in [-0.25, -0.2) is 0 Å². The van der Waals surface area contributed by atoms with Crippen LogP contribution in [0.5, 0.6) is 0 Å². The number of aromatic nitrogens is 2. The van der Waals surface area contributed by atoms with Gasteiger partial charge in [-0.2, -0.15) is 5.10 Å². The third-order valence-electron chi connectivity index (χ3n) is 3.76. The molecule has 2 unspecified atom stereocenters. The molecule has 2 N–H and O–H groups in total. The summed E-state index contributed by atoms with van der Waals surface area (Å²) in [6.45, 7) is 9.98. The Morgan fingerprint density at radius 3 is 2.81 bits per heavy atom. The maximum Gasteiger partial charge on any atom is 0.151 e. The Labute approximate surface area is 98.0 Å². The van der Waals surface area contributed by atoms with Crippen LogP contribution in [0.2, 0.25) is 0 Å². The predicted molar refractivity (Wildman–Crippen MR) is 68.0 cm³/mol. The molecule has 1 aliphatic carbocycles. The molecule has 0 amide bonds. The van der Waals surface area contributed by atoms with Crippen molar-refractivity contribution in [2.45, 2.75) is 52.4 Å². The van der Waals surface area contributed by atoms with Crippen LogP contribution in [0.15, 0.2) is 0 Å². The maximum atomic E-state index is 4.43. The molecule has 2 atom stereocenters. The van der Waals surface area contributed by atoms with Crippen molar-refractivity contribution in [3.63, 3.8) is 0 Å². The lowest BCUT2D eigenvalue weighted by atomic mass is 9.76. The van der Waals surface area contributed by atoms with Gasteiger partial charge in [0.2, 0.25) is 0 Å². The van der Waals surface area contributed by atoms with E-state index in [1.54, 1.807) is 0 Å². The molecule has 0 radical (unpaired) electrons. The quantitative estimate of drug-likeness (QED) is 0.820. The number of hydrogen-bond donors (Lipinski definition) is 2. The van der Waals surface area contributed by atoms with Gasteiger partial charge in [-0.3, -0.25) is 5.10 Å². The largest absolute Gasteiger partial charge is 0.369 e. The number of H-pyrrole nitrogens is 1. The van der Waals surface area contributed by atoms with E-state index < -0.39 is 0 Å². The summed E-state index contributed by atoms with van der Waals surface area (Å²) in [5.41, 5.74) is 2.82. The molecule has 90 valence electrons. The molecule has 0 spiro atoms. The fourth-order valence-corrected chi connectivity index (χ4v) is 2.83. The molecule has 1 aliphatic rings. The minimum Gasteiger partial charge on any atom is -0.369 e. The van der Waals surface area contributed by atoms with Crippen LogP contribution < -0.4 is 5.32 Å². The second-order valence-electron chi connectivity index (χ2n) is 5.26. The number of hydrogen-bond acceptors (Lipinski definition) is 2. The number of anilines is 1. The minimum absolute atomic E-state index is 0.637. The summed E-state index contributed by atoms with van der Waals surface area (Å²) in [5, 5.41) is 11.1. The van der Waals surface area contributed by atoms with E-state index in [4.69, 9.17) is 0 Å². The van der Waals surface area contributed by atoms with Gasteiger partial charge in [0.25, 0.3) is 0 Å². The van der Waals surface area contributed by atoms with Crippen molar-refractivity contribution in [1.82, 2.24) is 10.2 Å². The Hall–Kier alpha value is -0.990. The Morgan fingerprint density at radius 1 is 1.44 bits per heavy atom. The summed E-state index contributed by atoms with van der Waals surface area (Å²) in [5.74, 6) is 3.07. The highest BCUT2D eigenvalue weighted by Gasteiger charge is 2.31. The average molecular weight is 221 g/mol. The number of nitrogens with one attached hydrogen (secondary N) is 2. The first kappa shape index (κ1) is 11.5. The van der Waals surface area contributed by atoms with Crippen molar-refractivity contribution in [3.05, 3.63) is 11.3 Å². The van der Waals surface area contributed by atoms with Gasteiger partial charge in [-0.1, -0.05) is 20.8 Å². The molecule has 0 saturated carbocycles. The summed E-state index contributed by atoms with van der Waals surface area (Å²) in [6, 6.07) is 0. The van der Waals surface area contributed by atoms with Crippen molar-refractivity contribution in [3.8, 4) is 0 Å². The smallest absolute Gasteiger partial charge is 0.151 e. The lowest BCUT2D eigenvalue weighted by molar-refractivity contribution is 0.403. The monoisotopic (exact) mass is 221 g/mol. The van der Waals surface area contributed by atoms with Gasteiger partial charge in [0.1, 0.15) is 0 Å². The van der Waals surface area contributed by atoms with Gasteiger partial charge in [0, 0.05) is 23.7 Å². The summed E-state index contributed by atoms with van der Waals surface area (Å²) in [6.07, 6.45) is 2.58. The fraction of sp³-hybridized carbons (Fsp3) is 0.769. The third kappa shape index (κ3) is 1.83. The molecule has 16 heavy (non-hydrogen) atoms. The zero-order valence-electron chi connectivity index (χ0n) is 10.8. The Kier molecular flexibility index (Phi) is 3.22. The highest BCUT2D eigenvalue weighted by molar-refractivity contribution is 5.50. The molecule has 2 rings (SSSR count). The lowest BCUT2D eigenvalue weighted by Crippen LogP contribution is -2.17. The van der Waals surface area contributed by atoms with Crippen LogP contribution >= 0.6 is 0 Å². The SMILES string of the molecule is CCNc1n[nH]c2c1C(C)CCC2C(C)C. The van der Waals surface area contributed by atoms with Crippen LogP contribution in [0.25, 0.3) is 0 Å². The first-order chi connectivity index (χ1) is 7.65. The van der Waals surface area contributed by atoms with Crippen molar-refractivity contribution in [2.75, 3.05) is 11.9 Å². The highest BCUT2D eigenvalue weighted by atomic mass is 15.2. The Bertz CT molecular complexity index is 354. The van der Waals surface area contributed by atoms with Crippen LogP contribution in [-0.2, 0) is 0 Å². The van der Waals surface area contributed by atoms with Crippen LogP contribution in [0.3, 0.4) is 0 Å².